The molecule has 0 aliphatic rings. The highest BCUT2D eigenvalue weighted by Gasteiger charge is 2.05. The zero-order chi connectivity index (χ0) is 15.4. The maximum atomic E-state index is 11.8. The first-order chi connectivity index (χ1) is 10.0. The number of aromatic nitrogens is 2. The molecule has 110 valence electrons. The van der Waals surface area contributed by atoms with Crippen LogP contribution in [0, 0.1) is 0 Å². The summed E-state index contributed by atoms with van der Waals surface area (Å²) in [5, 5.41) is 6.25. The number of hydrogen-bond acceptors (Lipinski definition) is 4. The van der Waals surface area contributed by atoms with Crippen molar-refractivity contribution in [2.75, 3.05) is 12.1 Å². The van der Waals surface area contributed by atoms with Gasteiger partial charge in [0.15, 0.2) is 0 Å². The predicted octanol–water partition coefficient (Wildman–Crippen LogP) is 1.68. The lowest BCUT2D eigenvalue weighted by atomic mass is 10.2. The lowest BCUT2D eigenvalue weighted by Gasteiger charge is -2.12. The third-order valence-electron chi connectivity index (χ3n) is 2.92. The van der Waals surface area contributed by atoms with E-state index >= 15 is 0 Å². The van der Waals surface area contributed by atoms with E-state index in [9.17, 15) is 9.59 Å². The number of hydrogen-bond donors (Lipinski definition) is 1. The van der Waals surface area contributed by atoms with E-state index in [4.69, 9.17) is 11.6 Å². The molecule has 0 fully saturated rings. The molecule has 0 saturated heterocycles. The Bertz CT molecular complexity index is 731. The van der Waals surface area contributed by atoms with E-state index in [1.807, 2.05) is 12.1 Å². The van der Waals surface area contributed by atoms with E-state index in [0.29, 0.717) is 17.4 Å². The van der Waals surface area contributed by atoms with Crippen molar-refractivity contribution >= 4 is 23.6 Å². The maximum absolute atomic E-state index is 11.8. The monoisotopic (exact) mass is 306 g/mol. The van der Waals surface area contributed by atoms with Gasteiger partial charge in [0.25, 0.3) is 5.56 Å². The van der Waals surface area contributed by atoms with Gasteiger partial charge in [0.2, 0.25) is 0 Å². The summed E-state index contributed by atoms with van der Waals surface area (Å²) in [5.74, 6) is 0.333. The summed E-state index contributed by atoms with van der Waals surface area (Å²) in [6.45, 7) is 2.06. The average molecular weight is 307 g/mol. The molecule has 0 radical (unpaired) electrons. The second kappa shape index (κ2) is 6.41. The Morgan fingerprint density at radius 1 is 1.33 bits per heavy atom. The van der Waals surface area contributed by atoms with Crippen LogP contribution in [0.25, 0.3) is 0 Å². The lowest BCUT2D eigenvalue weighted by Crippen LogP contribution is -2.35. The fraction of sp³-hybridized carbons (Fsp3) is 0.214. The molecule has 0 aliphatic carbocycles. The third-order valence-corrected chi connectivity index (χ3v) is 3.17. The van der Waals surface area contributed by atoms with Crippen LogP contribution in [0.15, 0.2) is 45.0 Å². The summed E-state index contributed by atoms with van der Waals surface area (Å²) in [4.78, 5) is 26.1. The van der Waals surface area contributed by atoms with Crippen molar-refractivity contribution in [2.45, 2.75) is 13.5 Å². The molecule has 6 nitrogen and oxygen atoms in total. The summed E-state index contributed by atoms with van der Waals surface area (Å²) in [7, 11) is 1.65. The molecule has 7 heteroatoms. The van der Waals surface area contributed by atoms with Crippen LogP contribution in [0.5, 0.6) is 0 Å². The minimum absolute atomic E-state index is 0.326. The molecule has 0 aliphatic heterocycles. The minimum atomic E-state index is -0.450. The van der Waals surface area contributed by atoms with Gasteiger partial charge < -0.3 is 0 Å². The van der Waals surface area contributed by atoms with Crippen molar-refractivity contribution < 1.29 is 0 Å². The highest BCUT2D eigenvalue weighted by Crippen LogP contribution is 2.08. The molecule has 0 saturated carbocycles. The van der Waals surface area contributed by atoms with Crippen molar-refractivity contribution in [1.82, 2.24) is 9.55 Å². The Morgan fingerprint density at radius 3 is 2.57 bits per heavy atom. The second-order valence-corrected chi connectivity index (χ2v) is 4.80. The summed E-state index contributed by atoms with van der Waals surface area (Å²) in [6, 6.07) is 8.49. The van der Waals surface area contributed by atoms with Gasteiger partial charge in [0.1, 0.15) is 5.82 Å². The van der Waals surface area contributed by atoms with E-state index in [0.717, 1.165) is 10.1 Å². The predicted molar refractivity (Wildman–Crippen MR) is 84.4 cm³/mol. The summed E-state index contributed by atoms with van der Waals surface area (Å²) >= 11 is 5.80. The third kappa shape index (κ3) is 3.61. The van der Waals surface area contributed by atoms with Crippen LogP contribution >= 0.6 is 11.6 Å². The molecular weight excluding hydrogens is 292 g/mol. The minimum Gasteiger partial charge on any atom is -0.292 e. The summed E-state index contributed by atoms with van der Waals surface area (Å²) in [5.41, 5.74) is 0.0498. The number of H-pyrrole nitrogens is 1. The van der Waals surface area contributed by atoms with E-state index in [1.165, 1.54) is 11.1 Å². The van der Waals surface area contributed by atoms with E-state index in [1.54, 1.807) is 32.3 Å². The Hall–Kier alpha value is -2.34. The molecule has 1 heterocycles. The zero-order valence-electron chi connectivity index (χ0n) is 11.7. The smallest absolute Gasteiger partial charge is 0.292 e. The zero-order valence-corrected chi connectivity index (χ0v) is 12.5. The van der Waals surface area contributed by atoms with Crippen LogP contribution in [0.2, 0.25) is 5.02 Å². The highest BCUT2D eigenvalue weighted by atomic mass is 35.5. The Kier molecular flexibility index (Phi) is 4.59. The van der Waals surface area contributed by atoms with Crippen LogP contribution in [0.4, 0.5) is 5.82 Å². The lowest BCUT2D eigenvalue weighted by molar-refractivity contribution is 0.670. The molecule has 1 N–H and O–H groups in total. The molecule has 0 unspecified atom stereocenters. The van der Waals surface area contributed by atoms with E-state index in [-0.39, 0.29) is 5.56 Å². The van der Waals surface area contributed by atoms with Gasteiger partial charge in [-0.25, -0.2) is 4.79 Å². The number of hydrazone groups is 1. The molecule has 2 rings (SSSR count). The van der Waals surface area contributed by atoms with Gasteiger partial charge in [-0.05, 0) is 24.6 Å². The van der Waals surface area contributed by atoms with Crippen LogP contribution in [-0.2, 0) is 6.54 Å². The van der Waals surface area contributed by atoms with Crippen molar-refractivity contribution in [1.29, 1.82) is 0 Å². The number of nitrogens with zero attached hydrogens (tertiary/aromatic N) is 3. The van der Waals surface area contributed by atoms with Crippen molar-refractivity contribution in [3.63, 3.8) is 0 Å². The Morgan fingerprint density at radius 2 is 2.00 bits per heavy atom. The van der Waals surface area contributed by atoms with E-state index < -0.39 is 5.69 Å². The van der Waals surface area contributed by atoms with Crippen LogP contribution in [-0.4, -0.2) is 22.8 Å². The average Bonchev–Trinajstić information content (AvgIpc) is 2.46. The van der Waals surface area contributed by atoms with E-state index in [2.05, 4.69) is 10.1 Å². The molecule has 21 heavy (non-hydrogen) atoms. The van der Waals surface area contributed by atoms with Crippen molar-refractivity contribution in [3.05, 3.63) is 61.8 Å². The number of halogens is 1. The van der Waals surface area contributed by atoms with Crippen LogP contribution in [0.1, 0.15) is 12.5 Å². The number of benzene rings is 1. The van der Waals surface area contributed by atoms with Crippen molar-refractivity contribution in [2.24, 2.45) is 5.10 Å². The Balaban J connectivity index is 2.24. The highest BCUT2D eigenvalue weighted by molar-refractivity contribution is 6.30. The quantitative estimate of drug-likeness (QED) is 0.690. The molecule has 1 aromatic heterocycles. The van der Waals surface area contributed by atoms with Gasteiger partial charge in [-0.15, -0.1) is 0 Å². The first kappa shape index (κ1) is 15.1. The van der Waals surface area contributed by atoms with Crippen LogP contribution in [0.3, 0.4) is 0 Å². The first-order valence-corrected chi connectivity index (χ1v) is 6.76. The normalized spacial score (nSPS) is 11.0. The van der Waals surface area contributed by atoms with Crippen LogP contribution < -0.4 is 16.3 Å². The topological polar surface area (TPSA) is 70.5 Å². The van der Waals surface area contributed by atoms with Crippen molar-refractivity contribution in [3.8, 4) is 0 Å². The Labute approximate surface area is 126 Å². The van der Waals surface area contributed by atoms with Gasteiger partial charge in [0, 0.05) is 24.7 Å². The molecule has 2 aromatic rings. The summed E-state index contributed by atoms with van der Waals surface area (Å²) < 4.78 is 1.11. The van der Waals surface area contributed by atoms with Gasteiger partial charge >= 0.3 is 5.69 Å². The SMILES string of the molecule is CCn1c(=O)cc(N(C)/N=C/c2ccc(Cl)cc2)[nH]c1=O. The molecular formula is C14H15ClN4O2. The summed E-state index contributed by atoms with van der Waals surface area (Å²) in [6.07, 6.45) is 1.61. The molecule has 0 atom stereocenters. The van der Waals surface area contributed by atoms with Gasteiger partial charge in [-0.3, -0.25) is 19.4 Å². The maximum Gasteiger partial charge on any atom is 0.329 e. The number of nitrogens with one attached hydrogen (secondary N) is 1. The van der Waals surface area contributed by atoms with Gasteiger partial charge in [-0.2, -0.15) is 5.10 Å². The molecule has 0 spiro atoms. The largest absolute Gasteiger partial charge is 0.329 e. The second-order valence-electron chi connectivity index (χ2n) is 4.36. The fourth-order valence-corrected chi connectivity index (χ4v) is 1.87. The first-order valence-electron chi connectivity index (χ1n) is 6.38. The number of rotatable bonds is 4. The van der Waals surface area contributed by atoms with Gasteiger partial charge in [0.05, 0.1) is 6.21 Å². The molecule has 0 bridgehead atoms. The molecule has 1 aromatic carbocycles. The molecule has 0 amide bonds. The van der Waals surface area contributed by atoms with Gasteiger partial charge in [-0.1, -0.05) is 23.7 Å². The fourth-order valence-electron chi connectivity index (χ4n) is 1.75. The number of aromatic amines is 1. The number of anilines is 1. The standard InChI is InChI=1S/C14H15ClN4O2/c1-3-19-13(20)8-12(17-14(19)21)18(2)16-9-10-4-6-11(15)7-5-10/h4-9H,3H2,1-2H3,(H,17,21)/b16-9+.